The molecule has 0 aromatic carbocycles. The van der Waals surface area contributed by atoms with Gasteiger partial charge < -0.3 is 15.1 Å². The van der Waals surface area contributed by atoms with E-state index in [1.54, 1.807) is 6.26 Å². The maximum absolute atomic E-state index is 11.6. The molecule has 18 heavy (non-hydrogen) atoms. The second kappa shape index (κ2) is 7.93. The molecule has 1 amide bonds. The van der Waals surface area contributed by atoms with E-state index >= 15 is 0 Å². The summed E-state index contributed by atoms with van der Waals surface area (Å²) in [5.41, 5.74) is 0. The van der Waals surface area contributed by atoms with E-state index in [-0.39, 0.29) is 11.9 Å². The van der Waals surface area contributed by atoms with Crippen molar-refractivity contribution in [1.82, 2.24) is 10.6 Å². The summed E-state index contributed by atoms with van der Waals surface area (Å²) >= 11 is 0. The molecule has 1 aromatic heterocycles. The van der Waals surface area contributed by atoms with Crippen LogP contribution in [0.25, 0.3) is 0 Å². The van der Waals surface area contributed by atoms with Gasteiger partial charge in [-0.2, -0.15) is 0 Å². The van der Waals surface area contributed by atoms with E-state index in [0.29, 0.717) is 12.6 Å². The molecule has 2 N–H and O–H groups in total. The fraction of sp³-hybridized carbons (Fsp3) is 0.643. The van der Waals surface area contributed by atoms with Gasteiger partial charge in [0.2, 0.25) is 5.91 Å². The number of rotatable bonds is 8. The van der Waals surface area contributed by atoms with E-state index in [0.717, 1.165) is 25.0 Å². The first-order chi connectivity index (χ1) is 8.61. The highest BCUT2D eigenvalue weighted by atomic mass is 16.3. The van der Waals surface area contributed by atoms with Crippen LogP contribution >= 0.6 is 0 Å². The van der Waals surface area contributed by atoms with E-state index < -0.39 is 0 Å². The third-order valence-electron chi connectivity index (χ3n) is 3.03. The highest BCUT2D eigenvalue weighted by Crippen LogP contribution is 2.05. The van der Waals surface area contributed by atoms with Crippen LogP contribution in [0.5, 0.6) is 0 Å². The largest absolute Gasteiger partial charge is 0.469 e. The van der Waals surface area contributed by atoms with Gasteiger partial charge in [-0.25, -0.2) is 0 Å². The molecule has 0 bridgehead atoms. The third kappa shape index (κ3) is 5.87. The first kappa shape index (κ1) is 14.8. The Kier molecular flexibility index (Phi) is 6.50. The van der Waals surface area contributed by atoms with Crippen molar-refractivity contribution in [3.63, 3.8) is 0 Å². The number of aryl methyl sites for hydroxylation is 1. The molecule has 2 atom stereocenters. The van der Waals surface area contributed by atoms with Gasteiger partial charge in [0.05, 0.1) is 12.8 Å². The van der Waals surface area contributed by atoms with E-state index in [2.05, 4.69) is 24.5 Å². The number of furan rings is 1. The number of hydrogen-bond acceptors (Lipinski definition) is 3. The van der Waals surface area contributed by atoms with Crippen LogP contribution in [0.2, 0.25) is 0 Å². The summed E-state index contributed by atoms with van der Waals surface area (Å²) in [5.74, 6) is 1.02. The molecule has 0 saturated heterocycles. The van der Waals surface area contributed by atoms with E-state index in [4.69, 9.17) is 4.42 Å². The number of amides is 1. The molecule has 0 spiro atoms. The zero-order valence-electron chi connectivity index (χ0n) is 11.5. The zero-order valence-corrected chi connectivity index (χ0v) is 11.5. The molecule has 1 rings (SSSR count). The fourth-order valence-electron chi connectivity index (χ4n) is 1.62. The predicted octanol–water partition coefficient (Wildman–Crippen LogP) is 2.10. The molecule has 2 unspecified atom stereocenters. The minimum atomic E-state index is 0.0576. The standard InChI is InChI=1S/C14H24N2O2/c1-4-11(2)15-10-14(17)16-12(3)7-8-13-6-5-9-18-13/h5-6,9,11-12,15H,4,7-8,10H2,1-3H3,(H,16,17). The smallest absolute Gasteiger partial charge is 0.234 e. The zero-order chi connectivity index (χ0) is 13.4. The fourth-order valence-corrected chi connectivity index (χ4v) is 1.62. The second-order valence-corrected chi connectivity index (χ2v) is 4.78. The van der Waals surface area contributed by atoms with Gasteiger partial charge in [0.15, 0.2) is 0 Å². The Labute approximate surface area is 109 Å². The Bertz CT molecular complexity index is 336. The average Bonchev–Trinajstić information content (AvgIpc) is 2.86. The Morgan fingerprint density at radius 1 is 1.39 bits per heavy atom. The molecular formula is C14H24N2O2. The van der Waals surface area contributed by atoms with Crippen LogP contribution in [0.15, 0.2) is 22.8 Å². The first-order valence-corrected chi connectivity index (χ1v) is 6.67. The molecule has 0 radical (unpaired) electrons. The van der Waals surface area contributed by atoms with E-state index in [1.165, 1.54) is 0 Å². The van der Waals surface area contributed by atoms with Crippen molar-refractivity contribution in [2.45, 2.75) is 52.1 Å². The summed E-state index contributed by atoms with van der Waals surface area (Å²) < 4.78 is 5.26. The number of hydrogen-bond donors (Lipinski definition) is 2. The van der Waals surface area contributed by atoms with Gasteiger partial charge in [0.25, 0.3) is 0 Å². The summed E-state index contributed by atoms with van der Waals surface area (Å²) in [5, 5.41) is 6.16. The lowest BCUT2D eigenvalue weighted by molar-refractivity contribution is -0.121. The SMILES string of the molecule is CCC(C)NCC(=O)NC(C)CCc1ccco1. The molecule has 0 aliphatic carbocycles. The van der Waals surface area contributed by atoms with Crippen molar-refractivity contribution in [3.8, 4) is 0 Å². The topological polar surface area (TPSA) is 54.3 Å². The second-order valence-electron chi connectivity index (χ2n) is 4.78. The third-order valence-corrected chi connectivity index (χ3v) is 3.03. The normalized spacial score (nSPS) is 14.2. The average molecular weight is 252 g/mol. The predicted molar refractivity (Wildman–Crippen MR) is 72.4 cm³/mol. The minimum absolute atomic E-state index is 0.0576. The van der Waals surface area contributed by atoms with Crippen molar-refractivity contribution >= 4 is 5.91 Å². The summed E-state index contributed by atoms with van der Waals surface area (Å²) in [6.07, 6.45) is 4.45. The van der Waals surface area contributed by atoms with Crippen LogP contribution in [0, 0.1) is 0 Å². The van der Waals surface area contributed by atoms with Gasteiger partial charge in [-0.05, 0) is 38.8 Å². The molecule has 1 heterocycles. The van der Waals surface area contributed by atoms with Gasteiger partial charge in [0, 0.05) is 18.5 Å². The highest BCUT2D eigenvalue weighted by Gasteiger charge is 2.09. The Balaban J connectivity index is 2.15. The summed E-state index contributed by atoms with van der Waals surface area (Å²) in [7, 11) is 0. The molecule has 4 nitrogen and oxygen atoms in total. The monoisotopic (exact) mass is 252 g/mol. The highest BCUT2D eigenvalue weighted by molar-refractivity contribution is 5.78. The molecule has 0 aliphatic rings. The van der Waals surface area contributed by atoms with Gasteiger partial charge in [-0.3, -0.25) is 4.79 Å². The molecule has 102 valence electrons. The summed E-state index contributed by atoms with van der Waals surface area (Å²) in [6.45, 7) is 6.58. The summed E-state index contributed by atoms with van der Waals surface area (Å²) in [6, 6.07) is 4.39. The van der Waals surface area contributed by atoms with Crippen LogP contribution in [0.3, 0.4) is 0 Å². The number of nitrogens with one attached hydrogen (secondary N) is 2. The Hall–Kier alpha value is -1.29. The Morgan fingerprint density at radius 2 is 2.17 bits per heavy atom. The molecular weight excluding hydrogens is 228 g/mol. The van der Waals surface area contributed by atoms with Crippen molar-refractivity contribution < 1.29 is 9.21 Å². The molecule has 1 aromatic rings. The lowest BCUT2D eigenvalue weighted by Crippen LogP contribution is -2.41. The lowest BCUT2D eigenvalue weighted by atomic mass is 10.1. The van der Waals surface area contributed by atoms with Crippen molar-refractivity contribution in [1.29, 1.82) is 0 Å². The van der Waals surface area contributed by atoms with Gasteiger partial charge in [-0.15, -0.1) is 0 Å². The lowest BCUT2D eigenvalue weighted by Gasteiger charge is -2.15. The van der Waals surface area contributed by atoms with Crippen LogP contribution in [-0.4, -0.2) is 24.5 Å². The van der Waals surface area contributed by atoms with E-state index in [9.17, 15) is 4.79 Å². The number of carbonyl (C=O) groups is 1. The van der Waals surface area contributed by atoms with Crippen molar-refractivity contribution in [2.75, 3.05) is 6.54 Å². The molecule has 0 fully saturated rings. The quantitative estimate of drug-likeness (QED) is 0.745. The maximum Gasteiger partial charge on any atom is 0.234 e. The van der Waals surface area contributed by atoms with Crippen LogP contribution in [-0.2, 0) is 11.2 Å². The minimum Gasteiger partial charge on any atom is -0.469 e. The summed E-state index contributed by atoms with van der Waals surface area (Å²) in [4.78, 5) is 11.6. The van der Waals surface area contributed by atoms with Crippen molar-refractivity contribution in [2.24, 2.45) is 0 Å². The maximum atomic E-state index is 11.6. The number of carbonyl (C=O) groups excluding carboxylic acids is 1. The van der Waals surface area contributed by atoms with Crippen LogP contribution in [0.4, 0.5) is 0 Å². The van der Waals surface area contributed by atoms with Crippen LogP contribution < -0.4 is 10.6 Å². The molecule has 0 saturated carbocycles. The molecule has 4 heteroatoms. The van der Waals surface area contributed by atoms with Crippen molar-refractivity contribution in [3.05, 3.63) is 24.2 Å². The Morgan fingerprint density at radius 3 is 2.78 bits per heavy atom. The van der Waals surface area contributed by atoms with Gasteiger partial charge in [0.1, 0.15) is 5.76 Å². The van der Waals surface area contributed by atoms with Gasteiger partial charge in [-0.1, -0.05) is 6.92 Å². The van der Waals surface area contributed by atoms with Crippen LogP contribution in [0.1, 0.15) is 39.4 Å². The first-order valence-electron chi connectivity index (χ1n) is 6.67. The van der Waals surface area contributed by atoms with E-state index in [1.807, 2.05) is 19.1 Å². The van der Waals surface area contributed by atoms with Gasteiger partial charge >= 0.3 is 0 Å². The molecule has 0 aliphatic heterocycles.